The Hall–Kier alpha value is -4.46. The second-order valence-electron chi connectivity index (χ2n) is 14.7. The fraction of sp³-hybridized carbons (Fsp3) is 0.659. The van der Waals surface area contributed by atoms with Crippen molar-refractivity contribution >= 4 is 29.6 Å². The fourth-order valence-corrected chi connectivity index (χ4v) is 6.61. The number of para-hydroxylation sites is 1. The smallest absolute Gasteiger partial charge is 0.328 e. The maximum Gasteiger partial charge on any atom is 0.328 e. The molecule has 1 aliphatic rings. The van der Waals surface area contributed by atoms with E-state index in [1.165, 1.54) is 57.9 Å². The van der Waals surface area contributed by atoms with Crippen LogP contribution in [0, 0.1) is 5.92 Å². The van der Waals surface area contributed by atoms with Gasteiger partial charge >= 0.3 is 5.97 Å². The molecule has 1 saturated heterocycles. The molecule has 1 aliphatic heterocycles. The zero-order valence-electron chi connectivity index (χ0n) is 33.0. The van der Waals surface area contributed by atoms with Crippen molar-refractivity contribution in [3.8, 4) is 17.2 Å². The van der Waals surface area contributed by atoms with E-state index in [1.54, 1.807) is 25.1 Å². The van der Waals surface area contributed by atoms with Crippen molar-refractivity contribution in [1.82, 2.24) is 26.0 Å². The minimum atomic E-state index is -1.16. The Labute approximate surface area is 325 Å². The number of phenolic OH excluding ortho intramolecular Hbond substituents is 1. The quantitative estimate of drug-likeness (QED) is 0.0318. The molecule has 2 heterocycles. The first-order valence-electron chi connectivity index (χ1n) is 20.3. The van der Waals surface area contributed by atoms with Crippen molar-refractivity contribution in [3.63, 3.8) is 0 Å². The van der Waals surface area contributed by atoms with Gasteiger partial charge in [0.2, 0.25) is 23.6 Å². The third kappa shape index (κ3) is 16.0. The summed E-state index contributed by atoms with van der Waals surface area (Å²) in [4.78, 5) is 69.2. The van der Waals surface area contributed by atoms with Crippen LogP contribution in [0.1, 0.15) is 147 Å². The van der Waals surface area contributed by atoms with Gasteiger partial charge in [-0.2, -0.15) is 0 Å². The molecule has 1 aromatic carbocycles. The monoisotopic (exact) mass is 769 g/mol. The summed E-state index contributed by atoms with van der Waals surface area (Å²) in [6.07, 6.45) is 16.1. The van der Waals surface area contributed by atoms with Crippen LogP contribution in [0.2, 0.25) is 0 Å². The molecule has 4 amide bonds. The largest absolute Gasteiger partial charge is 0.507 e. The average Bonchev–Trinajstić information content (AvgIpc) is 3.58. The highest BCUT2D eigenvalue weighted by Gasteiger charge is 2.33. The number of aromatic hydroxyl groups is 1. The van der Waals surface area contributed by atoms with Crippen molar-refractivity contribution in [1.29, 1.82) is 0 Å². The number of hydrogen-bond acceptors (Lipinski definition) is 10. The highest BCUT2D eigenvalue weighted by Crippen LogP contribution is 2.28. The van der Waals surface area contributed by atoms with Crippen molar-refractivity contribution in [3.05, 3.63) is 36.2 Å². The molecule has 0 radical (unpaired) electrons. The number of hydrogen-bond donors (Lipinski definition) is 5. The molecule has 5 N–H and O–H groups in total. The second kappa shape index (κ2) is 24.8. The topological polar surface area (TPSA) is 200 Å². The lowest BCUT2D eigenvalue weighted by Gasteiger charge is -2.27. The summed E-state index contributed by atoms with van der Waals surface area (Å²) >= 11 is 0. The molecule has 14 nitrogen and oxygen atoms in total. The highest BCUT2D eigenvalue weighted by molar-refractivity contribution is 5.95. The first-order valence-corrected chi connectivity index (χ1v) is 20.3. The molecule has 0 spiro atoms. The molecule has 306 valence electrons. The molecule has 3 rings (SSSR count). The summed E-state index contributed by atoms with van der Waals surface area (Å²) in [5, 5.41) is 29.0. The van der Waals surface area contributed by atoms with E-state index in [1.807, 2.05) is 0 Å². The van der Waals surface area contributed by atoms with Crippen LogP contribution in [0.15, 0.2) is 34.9 Å². The number of amides is 4. The third-order valence-corrected chi connectivity index (χ3v) is 10.1. The Balaban J connectivity index is 1.71. The van der Waals surface area contributed by atoms with Crippen molar-refractivity contribution < 1.29 is 43.4 Å². The van der Waals surface area contributed by atoms with E-state index in [4.69, 9.17) is 9.15 Å². The van der Waals surface area contributed by atoms with Crippen LogP contribution in [-0.2, 0) is 23.9 Å². The summed E-state index contributed by atoms with van der Waals surface area (Å²) < 4.78 is 11.5. The maximum absolute atomic E-state index is 13.9. The molecule has 2 aromatic rings. The summed E-state index contributed by atoms with van der Waals surface area (Å²) in [7, 11) is 0. The molecule has 0 unspecified atom stereocenters. The van der Waals surface area contributed by atoms with Crippen LogP contribution in [0.3, 0.4) is 0 Å². The van der Waals surface area contributed by atoms with Crippen molar-refractivity contribution in [2.75, 3.05) is 13.1 Å². The van der Waals surface area contributed by atoms with Crippen molar-refractivity contribution in [2.24, 2.45) is 5.92 Å². The van der Waals surface area contributed by atoms with Crippen LogP contribution < -0.4 is 16.0 Å². The van der Waals surface area contributed by atoms with Gasteiger partial charge in [0.25, 0.3) is 5.91 Å². The van der Waals surface area contributed by atoms with E-state index in [0.29, 0.717) is 37.3 Å². The standard InChI is InChI=1S/C41H63N5O9/c1-4-5-6-7-8-9-10-11-12-13-14-25-36(29(2)37(49)43-32-22-17-19-26-42-38(32)50)55-41(52)33(23-18-20-27-46(53)30(3)47)44-39(51)34-28-54-40(45-34)31-21-15-16-24-35(31)48/h15-16,21,24,28-29,32-33,36,48,53H,4-14,17-20,22-23,25-27H2,1-3H3,(H,42,50)(H,43,49)(H,44,51)/t29-,32-,33+,36+/m1/s1. The van der Waals surface area contributed by atoms with Crippen molar-refractivity contribution in [2.45, 2.75) is 155 Å². The highest BCUT2D eigenvalue weighted by atomic mass is 16.5. The number of carbonyl (C=O) groups excluding carboxylic acids is 5. The lowest BCUT2D eigenvalue weighted by Crippen LogP contribution is -2.50. The maximum atomic E-state index is 13.9. The number of esters is 1. The van der Waals surface area contributed by atoms with Gasteiger partial charge < -0.3 is 30.2 Å². The predicted molar refractivity (Wildman–Crippen MR) is 207 cm³/mol. The number of nitrogens with one attached hydrogen (secondary N) is 3. The SMILES string of the molecule is CCCCCCCCCCCCC[C@H](OC(=O)[C@H](CCCCN(O)C(C)=O)NC(=O)c1coc(-c2ccccc2O)n1)[C@@H](C)C(=O)N[C@@H]1CCCCNC1=O. The number of nitrogens with zero attached hydrogens (tertiary/aromatic N) is 2. The number of aromatic nitrogens is 1. The summed E-state index contributed by atoms with van der Waals surface area (Å²) in [6, 6.07) is 4.54. The summed E-state index contributed by atoms with van der Waals surface area (Å²) in [6.45, 7) is 5.72. The number of phenols is 1. The molecule has 1 fully saturated rings. The number of unbranched alkanes of at least 4 members (excludes halogenated alkanes) is 11. The molecular formula is C41H63N5O9. The second-order valence-corrected chi connectivity index (χ2v) is 14.7. The van der Waals surface area contributed by atoms with Crippen LogP contribution in [0.25, 0.3) is 11.5 Å². The van der Waals surface area contributed by atoms with Gasteiger partial charge in [0, 0.05) is 20.0 Å². The lowest BCUT2D eigenvalue weighted by atomic mass is 9.96. The Morgan fingerprint density at radius 1 is 0.964 bits per heavy atom. The summed E-state index contributed by atoms with van der Waals surface area (Å²) in [5.41, 5.74) is 0.163. The number of rotatable bonds is 25. The van der Waals surface area contributed by atoms with Gasteiger partial charge in [0.05, 0.1) is 11.5 Å². The van der Waals surface area contributed by atoms with Crippen LogP contribution in [-0.4, -0.2) is 81.2 Å². The summed E-state index contributed by atoms with van der Waals surface area (Å²) in [5.74, 6) is -3.45. The van der Waals surface area contributed by atoms with Gasteiger partial charge in [0.1, 0.15) is 30.2 Å². The zero-order chi connectivity index (χ0) is 40.0. The molecule has 0 bridgehead atoms. The van der Waals surface area contributed by atoms with E-state index >= 15 is 0 Å². The third-order valence-electron chi connectivity index (χ3n) is 10.1. The van der Waals surface area contributed by atoms with Gasteiger partial charge in [0.15, 0.2) is 5.69 Å². The van der Waals surface area contributed by atoms with E-state index in [0.717, 1.165) is 44.8 Å². The number of hydroxylamine groups is 2. The Kier molecular flexibility index (Phi) is 20.3. The minimum absolute atomic E-state index is 0.0175. The molecule has 0 saturated carbocycles. The number of benzene rings is 1. The Bertz CT molecular complexity index is 1500. The van der Waals surface area contributed by atoms with Crippen LogP contribution >= 0.6 is 0 Å². The number of carbonyl (C=O) groups is 5. The molecule has 14 heteroatoms. The predicted octanol–water partition coefficient (Wildman–Crippen LogP) is 6.59. The van der Waals surface area contributed by atoms with Crippen LogP contribution in [0.4, 0.5) is 0 Å². The fourth-order valence-electron chi connectivity index (χ4n) is 6.61. The van der Waals surface area contributed by atoms with Gasteiger partial charge in [-0.05, 0) is 63.5 Å². The Morgan fingerprint density at radius 2 is 1.62 bits per heavy atom. The van der Waals surface area contributed by atoms with E-state index < -0.39 is 47.8 Å². The first kappa shape index (κ1) is 44.9. The molecule has 0 aliphatic carbocycles. The normalized spacial score (nSPS) is 15.9. The number of ether oxygens (including phenoxy) is 1. The molecule has 4 atom stereocenters. The lowest BCUT2D eigenvalue weighted by molar-refractivity contribution is -0.163. The van der Waals surface area contributed by atoms with E-state index in [-0.39, 0.29) is 41.8 Å². The van der Waals surface area contributed by atoms with Crippen LogP contribution in [0.5, 0.6) is 5.75 Å². The molecule has 55 heavy (non-hydrogen) atoms. The molecular weight excluding hydrogens is 706 g/mol. The Morgan fingerprint density at radius 3 is 2.29 bits per heavy atom. The first-order chi connectivity index (χ1) is 26.5. The van der Waals surface area contributed by atoms with Gasteiger partial charge in [-0.1, -0.05) is 90.2 Å². The van der Waals surface area contributed by atoms with E-state index in [2.05, 4.69) is 27.9 Å². The van der Waals surface area contributed by atoms with Gasteiger partial charge in [-0.15, -0.1) is 0 Å². The average molecular weight is 770 g/mol. The van der Waals surface area contributed by atoms with Gasteiger partial charge in [-0.3, -0.25) is 24.4 Å². The van der Waals surface area contributed by atoms with E-state index in [9.17, 15) is 34.3 Å². The molecule has 1 aromatic heterocycles. The van der Waals surface area contributed by atoms with Gasteiger partial charge in [-0.25, -0.2) is 14.8 Å². The minimum Gasteiger partial charge on any atom is -0.507 e. The number of oxazole rings is 1. The zero-order valence-corrected chi connectivity index (χ0v) is 33.0.